The molecule has 2 aliphatic heterocycles. The standard InChI is InChI=1S/C11H12BrNO3/c12-8-3-7(10-5-13-1-2-14-10)4-9-11(8)16-6-15-9/h3-4,10,13H,1-2,5-6H2. The summed E-state index contributed by atoms with van der Waals surface area (Å²) in [6.07, 6.45) is 0.0968. The maximum atomic E-state index is 5.70. The van der Waals surface area contributed by atoms with Crippen LogP contribution in [0.5, 0.6) is 11.5 Å². The minimum absolute atomic E-state index is 0.0968. The van der Waals surface area contributed by atoms with E-state index in [4.69, 9.17) is 14.2 Å². The predicted molar refractivity (Wildman–Crippen MR) is 61.8 cm³/mol. The first-order chi connectivity index (χ1) is 7.84. The summed E-state index contributed by atoms with van der Waals surface area (Å²) in [5.74, 6) is 1.58. The summed E-state index contributed by atoms with van der Waals surface area (Å²) in [4.78, 5) is 0. The predicted octanol–water partition coefficient (Wildman–Crippen LogP) is 1.84. The molecule has 1 aromatic carbocycles. The highest BCUT2D eigenvalue weighted by Gasteiger charge is 2.22. The van der Waals surface area contributed by atoms with Gasteiger partial charge >= 0.3 is 0 Å². The van der Waals surface area contributed by atoms with Crippen LogP contribution in [0.4, 0.5) is 0 Å². The number of morpholine rings is 1. The number of benzene rings is 1. The smallest absolute Gasteiger partial charge is 0.231 e. The van der Waals surface area contributed by atoms with Crippen LogP contribution in [0.15, 0.2) is 16.6 Å². The van der Waals surface area contributed by atoms with E-state index >= 15 is 0 Å². The second-order valence-corrected chi connectivity index (χ2v) is 4.65. The first-order valence-electron chi connectivity index (χ1n) is 5.26. The van der Waals surface area contributed by atoms with Crippen LogP contribution in [-0.4, -0.2) is 26.5 Å². The fourth-order valence-electron chi connectivity index (χ4n) is 1.95. The van der Waals surface area contributed by atoms with Crippen molar-refractivity contribution in [2.45, 2.75) is 6.10 Å². The lowest BCUT2D eigenvalue weighted by Gasteiger charge is -2.24. The summed E-state index contributed by atoms with van der Waals surface area (Å²) in [6.45, 7) is 2.80. The maximum Gasteiger partial charge on any atom is 0.231 e. The Hall–Kier alpha value is -0.780. The first kappa shape index (κ1) is 10.4. The molecule has 2 aliphatic rings. The molecule has 4 nitrogen and oxygen atoms in total. The Kier molecular flexibility index (Phi) is 2.75. The molecular weight excluding hydrogens is 274 g/mol. The quantitative estimate of drug-likeness (QED) is 0.855. The Bertz CT molecular complexity index is 404. The Labute approximate surface area is 102 Å². The molecule has 0 radical (unpaired) electrons. The van der Waals surface area contributed by atoms with E-state index < -0.39 is 0 Å². The molecule has 1 aromatic rings. The molecule has 0 aromatic heterocycles. The maximum absolute atomic E-state index is 5.70. The molecule has 0 saturated carbocycles. The largest absolute Gasteiger partial charge is 0.454 e. The highest BCUT2D eigenvalue weighted by molar-refractivity contribution is 9.10. The summed E-state index contributed by atoms with van der Waals surface area (Å²) in [5.41, 5.74) is 1.11. The molecule has 0 bridgehead atoms. The van der Waals surface area contributed by atoms with Gasteiger partial charge in [0.2, 0.25) is 6.79 Å². The zero-order valence-corrected chi connectivity index (χ0v) is 10.2. The molecule has 0 spiro atoms. The number of fused-ring (bicyclic) bond motifs is 1. The van der Waals surface area contributed by atoms with Crippen LogP contribution in [0.2, 0.25) is 0 Å². The highest BCUT2D eigenvalue weighted by atomic mass is 79.9. The average molecular weight is 286 g/mol. The molecule has 0 aliphatic carbocycles. The van der Waals surface area contributed by atoms with Gasteiger partial charge in [-0.1, -0.05) is 0 Å². The van der Waals surface area contributed by atoms with Gasteiger partial charge in [0.1, 0.15) is 0 Å². The second kappa shape index (κ2) is 4.24. The molecule has 5 heteroatoms. The Morgan fingerprint density at radius 2 is 2.25 bits per heavy atom. The Morgan fingerprint density at radius 1 is 1.31 bits per heavy atom. The normalized spacial score (nSPS) is 23.4. The SMILES string of the molecule is Brc1cc(C2CNCCO2)cc2c1OCO2. The van der Waals surface area contributed by atoms with Gasteiger partial charge in [-0.2, -0.15) is 0 Å². The van der Waals surface area contributed by atoms with Crippen molar-refractivity contribution in [3.63, 3.8) is 0 Å². The van der Waals surface area contributed by atoms with E-state index in [-0.39, 0.29) is 6.10 Å². The fourth-order valence-corrected chi connectivity index (χ4v) is 2.53. The third-order valence-electron chi connectivity index (χ3n) is 2.75. The van der Waals surface area contributed by atoms with E-state index in [0.717, 1.165) is 41.2 Å². The van der Waals surface area contributed by atoms with Crippen LogP contribution in [0.25, 0.3) is 0 Å². The molecule has 3 rings (SSSR count). The van der Waals surface area contributed by atoms with Crippen molar-refractivity contribution in [2.75, 3.05) is 26.5 Å². The number of ether oxygens (including phenoxy) is 3. The van der Waals surface area contributed by atoms with Gasteiger partial charge in [-0.3, -0.25) is 0 Å². The number of nitrogens with one attached hydrogen (secondary N) is 1. The average Bonchev–Trinajstić information content (AvgIpc) is 2.79. The topological polar surface area (TPSA) is 39.7 Å². The summed E-state index contributed by atoms with van der Waals surface area (Å²) in [6, 6.07) is 4.02. The van der Waals surface area contributed by atoms with Gasteiger partial charge < -0.3 is 19.5 Å². The molecule has 1 unspecified atom stereocenters. The number of hydrogen-bond donors (Lipinski definition) is 1. The molecule has 1 N–H and O–H groups in total. The minimum atomic E-state index is 0.0968. The molecule has 0 amide bonds. The van der Waals surface area contributed by atoms with Crippen molar-refractivity contribution in [1.82, 2.24) is 5.32 Å². The monoisotopic (exact) mass is 285 g/mol. The lowest BCUT2D eigenvalue weighted by Crippen LogP contribution is -2.33. The van der Waals surface area contributed by atoms with Crippen molar-refractivity contribution >= 4 is 15.9 Å². The van der Waals surface area contributed by atoms with Crippen molar-refractivity contribution in [1.29, 1.82) is 0 Å². The summed E-state index contributed by atoms with van der Waals surface area (Å²) in [7, 11) is 0. The van der Waals surface area contributed by atoms with Crippen LogP contribution in [-0.2, 0) is 4.74 Å². The summed E-state index contributed by atoms with van der Waals surface area (Å²) < 4.78 is 17.4. The molecule has 1 fully saturated rings. The van der Waals surface area contributed by atoms with Gasteiger partial charge in [0.15, 0.2) is 11.5 Å². The van der Waals surface area contributed by atoms with Crippen LogP contribution in [0, 0.1) is 0 Å². The minimum Gasteiger partial charge on any atom is -0.454 e. The summed E-state index contributed by atoms with van der Waals surface area (Å²) >= 11 is 3.48. The highest BCUT2D eigenvalue weighted by Crippen LogP contribution is 2.41. The van der Waals surface area contributed by atoms with E-state index in [1.54, 1.807) is 0 Å². The molecule has 1 atom stereocenters. The number of halogens is 1. The van der Waals surface area contributed by atoms with Crippen molar-refractivity contribution in [2.24, 2.45) is 0 Å². The van der Waals surface area contributed by atoms with E-state index in [0.29, 0.717) is 6.79 Å². The molecule has 1 saturated heterocycles. The number of rotatable bonds is 1. The van der Waals surface area contributed by atoms with Gasteiger partial charge in [0.25, 0.3) is 0 Å². The fraction of sp³-hybridized carbons (Fsp3) is 0.455. The van der Waals surface area contributed by atoms with Gasteiger partial charge in [-0.05, 0) is 33.6 Å². The van der Waals surface area contributed by atoms with Crippen molar-refractivity contribution < 1.29 is 14.2 Å². The lowest BCUT2D eigenvalue weighted by atomic mass is 10.1. The van der Waals surface area contributed by atoms with Gasteiger partial charge in [-0.25, -0.2) is 0 Å². The van der Waals surface area contributed by atoms with Crippen LogP contribution in [0.3, 0.4) is 0 Å². The first-order valence-corrected chi connectivity index (χ1v) is 6.05. The third kappa shape index (κ3) is 1.79. The Balaban J connectivity index is 1.92. The molecule has 86 valence electrons. The van der Waals surface area contributed by atoms with E-state index in [2.05, 4.69) is 21.2 Å². The van der Waals surface area contributed by atoms with E-state index in [9.17, 15) is 0 Å². The van der Waals surface area contributed by atoms with Crippen LogP contribution < -0.4 is 14.8 Å². The third-order valence-corrected chi connectivity index (χ3v) is 3.34. The van der Waals surface area contributed by atoms with E-state index in [1.165, 1.54) is 0 Å². The number of hydrogen-bond acceptors (Lipinski definition) is 4. The van der Waals surface area contributed by atoms with Gasteiger partial charge in [-0.15, -0.1) is 0 Å². The lowest BCUT2D eigenvalue weighted by molar-refractivity contribution is 0.0275. The van der Waals surface area contributed by atoms with Crippen LogP contribution in [0.1, 0.15) is 11.7 Å². The zero-order chi connectivity index (χ0) is 11.0. The van der Waals surface area contributed by atoms with Crippen molar-refractivity contribution in [3.8, 4) is 11.5 Å². The molecular formula is C11H12BrNO3. The van der Waals surface area contributed by atoms with Crippen molar-refractivity contribution in [3.05, 3.63) is 22.2 Å². The van der Waals surface area contributed by atoms with Gasteiger partial charge in [0, 0.05) is 13.1 Å². The zero-order valence-electron chi connectivity index (χ0n) is 8.66. The Morgan fingerprint density at radius 3 is 3.06 bits per heavy atom. The second-order valence-electron chi connectivity index (χ2n) is 3.80. The summed E-state index contributed by atoms with van der Waals surface area (Å²) in [5, 5.41) is 3.31. The van der Waals surface area contributed by atoms with E-state index in [1.807, 2.05) is 12.1 Å². The van der Waals surface area contributed by atoms with Gasteiger partial charge in [0.05, 0.1) is 17.2 Å². The molecule has 16 heavy (non-hydrogen) atoms. The molecule has 2 heterocycles. The van der Waals surface area contributed by atoms with Crippen LogP contribution >= 0.6 is 15.9 Å².